The standard InChI is InChI=1S/C19H31N5O3/c1-5-13(2)15(17(25)27-4)22-18(26)24-9-6-14-16(21-12-20-14)19(24)7-10-23(3)11-8-19/h12-13,15H,5-11H2,1-4H3,(H,20,21)(H,22,26)/t13-,15+/m1/s1. The molecule has 0 aliphatic carbocycles. The Morgan fingerprint density at radius 1 is 1.37 bits per heavy atom. The molecule has 0 bridgehead atoms. The number of nitrogens with zero attached hydrogens (tertiary/aromatic N) is 3. The molecule has 1 aromatic heterocycles. The highest BCUT2D eigenvalue weighted by molar-refractivity contribution is 5.84. The smallest absolute Gasteiger partial charge is 0.328 e. The zero-order valence-electron chi connectivity index (χ0n) is 16.7. The molecular formula is C19H31N5O3. The van der Waals surface area contributed by atoms with E-state index in [4.69, 9.17) is 4.74 Å². The Labute approximate surface area is 160 Å². The number of aromatic nitrogens is 2. The first kappa shape index (κ1) is 19.7. The predicted octanol–water partition coefficient (Wildman–Crippen LogP) is 1.49. The van der Waals surface area contributed by atoms with Crippen LogP contribution in [-0.4, -0.2) is 71.6 Å². The van der Waals surface area contributed by atoms with Crippen LogP contribution in [0.25, 0.3) is 0 Å². The van der Waals surface area contributed by atoms with Crippen molar-refractivity contribution in [3.63, 3.8) is 0 Å². The number of fused-ring (bicyclic) bond motifs is 2. The number of nitrogens with one attached hydrogen (secondary N) is 2. The summed E-state index contributed by atoms with van der Waals surface area (Å²) >= 11 is 0. The van der Waals surface area contributed by atoms with Gasteiger partial charge in [-0.3, -0.25) is 0 Å². The summed E-state index contributed by atoms with van der Waals surface area (Å²) in [6.45, 7) is 6.38. The van der Waals surface area contributed by atoms with Crippen LogP contribution < -0.4 is 5.32 Å². The summed E-state index contributed by atoms with van der Waals surface area (Å²) in [5, 5.41) is 2.95. The van der Waals surface area contributed by atoms with E-state index in [1.807, 2.05) is 18.7 Å². The quantitative estimate of drug-likeness (QED) is 0.776. The molecule has 2 atom stereocenters. The molecule has 1 fully saturated rings. The van der Waals surface area contributed by atoms with Crippen molar-refractivity contribution < 1.29 is 14.3 Å². The lowest BCUT2D eigenvalue weighted by Gasteiger charge is -2.50. The van der Waals surface area contributed by atoms with Gasteiger partial charge in [0.25, 0.3) is 0 Å². The zero-order chi connectivity index (χ0) is 19.6. The normalized spacial score (nSPS) is 21.4. The van der Waals surface area contributed by atoms with Gasteiger partial charge in [0.2, 0.25) is 0 Å². The van der Waals surface area contributed by atoms with Crippen molar-refractivity contribution in [3.05, 3.63) is 17.7 Å². The SMILES string of the molecule is CC[C@@H](C)[C@H](NC(=O)N1CCc2[nH]cnc2C12CCN(C)CC2)C(=O)OC. The van der Waals surface area contributed by atoms with Gasteiger partial charge in [-0.1, -0.05) is 20.3 Å². The van der Waals surface area contributed by atoms with Crippen LogP contribution in [0.1, 0.15) is 44.5 Å². The van der Waals surface area contributed by atoms with Crippen LogP contribution >= 0.6 is 0 Å². The van der Waals surface area contributed by atoms with Gasteiger partial charge >= 0.3 is 12.0 Å². The number of H-pyrrole nitrogens is 1. The molecule has 1 saturated heterocycles. The number of esters is 1. The number of likely N-dealkylation sites (tertiary alicyclic amines) is 1. The molecule has 8 nitrogen and oxygen atoms in total. The van der Waals surface area contributed by atoms with E-state index in [-0.39, 0.29) is 11.9 Å². The van der Waals surface area contributed by atoms with Gasteiger partial charge in [0.1, 0.15) is 6.04 Å². The molecule has 2 aliphatic rings. The summed E-state index contributed by atoms with van der Waals surface area (Å²) in [5.41, 5.74) is 1.69. The highest BCUT2D eigenvalue weighted by Gasteiger charge is 2.49. The van der Waals surface area contributed by atoms with Gasteiger partial charge in [-0.2, -0.15) is 0 Å². The van der Waals surface area contributed by atoms with Crippen LogP contribution in [0.4, 0.5) is 4.79 Å². The third-order valence-electron chi connectivity index (χ3n) is 6.27. The molecule has 1 aromatic rings. The summed E-state index contributed by atoms with van der Waals surface area (Å²) in [4.78, 5) is 37.5. The Morgan fingerprint density at radius 2 is 2.07 bits per heavy atom. The Kier molecular flexibility index (Phi) is 5.74. The van der Waals surface area contributed by atoms with Gasteiger partial charge in [-0.25, -0.2) is 14.6 Å². The second-order valence-corrected chi connectivity index (χ2v) is 7.80. The summed E-state index contributed by atoms with van der Waals surface area (Å²) in [5.74, 6) is -0.395. The number of piperidine rings is 1. The van der Waals surface area contributed by atoms with E-state index in [1.54, 1.807) is 6.33 Å². The van der Waals surface area contributed by atoms with Crippen LogP contribution in [0.15, 0.2) is 6.33 Å². The number of methoxy groups -OCH3 is 1. The molecular weight excluding hydrogens is 346 g/mol. The van der Waals surface area contributed by atoms with E-state index in [9.17, 15) is 9.59 Å². The molecule has 2 aliphatic heterocycles. The van der Waals surface area contributed by atoms with Gasteiger partial charge in [0, 0.05) is 31.7 Å². The Morgan fingerprint density at radius 3 is 2.70 bits per heavy atom. The number of carbonyl (C=O) groups is 2. The van der Waals surface area contributed by atoms with Crippen molar-refractivity contribution >= 4 is 12.0 Å². The number of amides is 2. The minimum Gasteiger partial charge on any atom is -0.467 e. The molecule has 0 aromatic carbocycles. The van der Waals surface area contributed by atoms with Crippen molar-refractivity contribution in [1.29, 1.82) is 0 Å². The molecule has 8 heteroatoms. The van der Waals surface area contributed by atoms with Crippen LogP contribution in [0.2, 0.25) is 0 Å². The fourth-order valence-electron chi connectivity index (χ4n) is 4.28. The fourth-order valence-corrected chi connectivity index (χ4v) is 4.28. The van der Waals surface area contributed by atoms with Crippen molar-refractivity contribution in [2.75, 3.05) is 33.8 Å². The second-order valence-electron chi connectivity index (χ2n) is 7.80. The van der Waals surface area contributed by atoms with E-state index in [0.717, 1.165) is 50.2 Å². The monoisotopic (exact) mass is 377 g/mol. The molecule has 0 saturated carbocycles. The lowest BCUT2D eigenvalue weighted by molar-refractivity contribution is -0.144. The summed E-state index contributed by atoms with van der Waals surface area (Å²) < 4.78 is 4.92. The Hall–Kier alpha value is -2.09. The molecule has 1 spiro atoms. The van der Waals surface area contributed by atoms with Gasteiger partial charge in [0.15, 0.2) is 0 Å². The molecule has 3 rings (SSSR count). The Balaban J connectivity index is 1.87. The first-order chi connectivity index (χ1) is 12.9. The highest BCUT2D eigenvalue weighted by atomic mass is 16.5. The van der Waals surface area contributed by atoms with Crippen molar-refractivity contribution in [3.8, 4) is 0 Å². The first-order valence-corrected chi connectivity index (χ1v) is 9.80. The molecule has 2 N–H and O–H groups in total. The lowest BCUT2D eigenvalue weighted by Crippen LogP contribution is -2.62. The van der Waals surface area contributed by atoms with Crippen LogP contribution in [0.5, 0.6) is 0 Å². The molecule has 2 amide bonds. The van der Waals surface area contributed by atoms with Crippen molar-refractivity contribution in [1.82, 2.24) is 25.1 Å². The molecule has 150 valence electrons. The third kappa shape index (κ3) is 3.54. The van der Waals surface area contributed by atoms with Crippen LogP contribution in [0, 0.1) is 5.92 Å². The maximum atomic E-state index is 13.3. The number of carbonyl (C=O) groups excluding carboxylic acids is 2. The number of rotatable bonds is 4. The van der Waals surface area contributed by atoms with E-state index in [2.05, 4.69) is 27.2 Å². The van der Waals surface area contributed by atoms with Crippen molar-refractivity contribution in [2.45, 2.75) is 51.1 Å². The molecule has 0 unspecified atom stereocenters. The van der Waals surface area contributed by atoms with E-state index >= 15 is 0 Å². The number of urea groups is 1. The number of hydrogen-bond donors (Lipinski definition) is 2. The molecule has 3 heterocycles. The van der Waals surface area contributed by atoms with Crippen LogP contribution in [0.3, 0.4) is 0 Å². The maximum absolute atomic E-state index is 13.3. The highest BCUT2D eigenvalue weighted by Crippen LogP contribution is 2.42. The zero-order valence-corrected chi connectivity index (χ0v) is 16.7. The molecule has 27 heavy (non-hydrogen) atoms. The number of aromatic amines is 1. The van der Waals surface area contributed by atoms with Crippen molar-refractivity contribution in [2.24, 2.45) is 5.92 Å². The maximum Gasteiger partial charge on any atom is 0.328 e. The Bertz CT molecular complexity index is 681. The predicted molar refractivity (Wildman–Crippen MR) is 101 cm³/mol. The minimum absolute atomic E-state index is 0.000532. The number of hydrogen-bond acceptors (Lipinski definition) is 5. The van der Waals surface area contributed by atoms with Gasteiger partial charge in [-0.05, 0) is 25.8 Å². The number of imidazole rings is 1. The first-order valence-electron chi connectivity index (χ1n) is 9.80. The van der Waals surface area contributed by atoms with Gasteiger partial charge in [-0.15, -0.1) is 0 Å². The third-order valence-corrected chi connectivity index (χ3v) is 6.27. The van der Waals surface area contributed by atoms with Crippen LogP contribution in [-0.2, 0) is 21.5 Å². The van der Waals surface area contributed by atoms with Gasteiger partial charge < -0.3 is 24.8 Å². The average Bonchev–Trinajstić information content (AvgIpc) is 3.17. The van der Waals surface area contributed by atoms with E-state index in [1.165, 1.54) is 7.11 Å². The fraction of sp³-hybridized carbons (Fsp3) is 0.737. The largest absolute Gasteiger partial charge is 0.467 e. The topological polar surface area (TPSA) is 90.6 Å². The van der Waals surface area contributed by atoms with Gasteiger partial charge in [0.05, 0.1) is 24.7 Å². The lowest BCUT2D eigenvalue weighted by atomic mass is 9.79. The van der Waals surface area contributed by atoms with E-state index < -0.39 is 17.6 Å². The van der Waals surface area contributed by atoms with E-state index in [0.29, 0.717) is 6.54 Å². The molecule has 0 radical (unpaired) electrons. The summed E-state index contributed by atoms with van der Waals surface area (Å²) in [6, 6.07) is -0.847. The number of ether oxygens (including phenoxy) is 1. The minimum atomic E-state index is -0.642. The summed E-state index contributed by atoms with van der Waals surface area (Å²) in [6.07, 6.45) is 4.91. The average molecular weight is 377 g/mol. The summed E-state index contributed by atoms with van der Waals surface area (Å²) in [7, 11) is 3.46. The second kappa shape index (κ2) is 7.88.